The number of anilines is 1. The normalized spacial score (nSPS) is 12.7. The summed E-state index contributed by atoms with van der Waals surface area (Å²) in [5, 5.41) is 7.48. The number of hydrogen-bond acceptors (Lipinski definition) is 4. The molecule has 1 heterocycles. The number of nitrogens with zero attached hydrogens (tertiary/aromatic N) is 2. The lowest BCUT2D eigenvalue weighted by Gasteiger charge is -2.23. The van der Waals surface area contributed by atoms with E-state index in [1.165, 1.54) is 4.68 Å². The predicted octanol–water partition coefficient (Wildman–Crippen LogP) is 2.50. The summed E-state index contributed by atoms with van der Waals surface area (Å²) in [4.78, 5) is 12.1. The molecular weight excluding hydrogens is 310 g/mol. The fraction of sp³-hybridized carbons (Fsp3) is 0.692. The van der Waals surface area contributed by atoms with Crippen molar-refractivity contribution in [1.82, 2.24) is 9.78 Å². The molecule has 0 bridgehead atoms. The lowest BCUT2D eigenvalue weighted by atomic mass is 10.1. The molecular formula is C13H22BrN3O2. The summed E-state index contributed by atoms with van der Waals surface area (Å²) in [6, 6.07) is 0.143. The van der Waals surface area contributed by atoms with Gasteiger partial charge in [0.25, 0.3) is 5.56 Å². The Morgan fingerprint density at radius 1 is 1.53 bits per heavy atom. The van der Waals surface area contributed by atoms with Crippen LogP contribution in [0.5, 0.6) is 0 Å². The Balaban J connectivity index is 2.95. The van der Waals surface area contributed by atoms with Gasteiger partial charge in [-0.05, 0) is 28.3 Å². The van der Waals surface area contributed by atoms with E-state index >= 15 is 0 Å². The van der Waals surface area contributed by atoms with Crippen molar-refractivity contribution in [1.29, 1.82) is 0 Å². The van der Waals surface area contributed by atoms with Crippen LogP contribution in [0.4, 0.5) is 5.69 Å². The van der Waals surface area contributed by atoms with Crippen molar-refractivity contribution >= 4 is 21.6 Å². The fourth-order valence-corrected chi connectivity index (χ4v) is 2.14. The molecule has 0 aliphatic carbocycles. The van der Waals surface area contributed by atoms with Crippen molar-refractivity contribution in [2.45, 2.75) is 39.8 Å². The molecule has 1 N–H and O–H groups in total. The molecule has 5 nitrogen and oxygen atoms in total. The second-order valence-electron chi connectivity index (χ2n) is 4.85. The predicted molar refractivity (Wildman–Crippen MR) is 80.6 cm³/mol. The molecule has 108 valence electrons. The van der Waals surface area contributed by atoms with Crippen LogP contribution in [0.3, 0.4) is 0 Å². The molecule has 0 fully saturated rings. The first-order valence-electron chi connectivity index (χ1n) is 6.52. The minimum Gasteiger partial charge on any atom is -0.383 e. The van der Waals surface area contributed by atoms with Crippen LogP contribution >= 0.6 is 15.9 Å². The second kappa shape index (κ2) is 7.65. The number of ether oxygens (including phenoxy) is 1. The van der Waals surface area contributed by atoms with Gasteiger partial charge in [0.05, 0.1) is 24.5 Å². The molecule has 0 aliphatic heterocycles. The molecule has 1 rings (SSSR count). The molecule has 0 aliphatic rings. The van der Waals surface area contributed by atoms with Crippen molar-refractivity contribution in [2.75, 3.05) is 19.0 Å². The lowest BCUT2D eigenvalue weighted by Crippen LogP contribution is -2.32. The van der Waals surface area contributed by atoms with E-state index in [2.05, 4.69) is 40.2 Å². The van der Waals surface area contributed by atoms with E-state index in [4.69, 9.17) is 4.74 Å². The third kappa shape index (κ3) is 4.31. The zero-order chi connectivity index (χ0) is 14.4. The minimum atomic E-state index is -0.105. The van der Waals surface area contributed by atoms with E-state index in [1.807, 2.05) is 6.92 Å². The number of methoxy groups -OCH3 is 1. The molecule has 1 unspecified atom stereocenters. The van der Waals surface area contributed by atoms with Crippen LogP contribution in [0.2, 0.25) is 0 Å². The van der Waals surface area contributed by atoms with E-state index in [0.29, 0.717) is 29.2 Å². The third-order valence-corrected chi connectivity index (χ3v) is 3.68. The summed E-state index contributed by atoms with van der Waals surface area (Å²) in [6.07, 6.45) is 2.57. The van der Waals surface area contributed by atoms with Gasteiger partial charge in [0.2, 0.25) is 0 Å². The quantitative estimate of drug-likeness (QED) is 0.834. The maximum Gasteiger partial charge on any atom is 0.283 e. The van der Waals surface area contributed by atoms with Crippen LogP contribution in [-0.2, 0) is 11.3 Å². The summed E-state index contributed by atoms with van der Waals surface area (Å²) >= 11 is 3.35. The van der Waals surface area contributed by atoms with Gasteiger partial charge in [-0.2, -0.15) is 5.10 Å². The largest absolute Gasteiger partial charge is 0.383 e. The van der Waals surface area contributed by atoms with E-state index < -0.39 is 0 Å². The number of aromatic nitrogens is 2. The van der Waals surface area contributed by atoms with Gasteiger partial charge in [-0.25, -0.2) is 4.68 Å². The van der Waals surface area contributed by atoms with Gasteiger partial charge in [-0.15, -0.1) is 0 Å². The second-order valence-corrected chi connectivity index (χ2v) is 5.64. The van der Waals surface area contributed by atoms with Gasteiger partial charge >= 0.3 is 0 Å². The highest BCUT2D eigenvalue weighted by atomic mass is 79.9. The van der Waals surface area contributed by atoms with Gasteiger partial charge in [0, 0.05) is 13.7 Å². The van der Waals surface area contributed by atoms with Gasteiger partial charge in [0.15, 0.2) is 0 Å². The zero-order valence-corrected chi connectivity index (χ0v) is 13.5. The Morgan fingerprint density at radius 3 is 2.74 bits per heavy atom. The highest BCUT2D eigenvalue weighted by Gasteiger charge is 2.16. The van der Waals surface area contributed by atoms with Crippen molar-refractivity contribution in [3.8, 4) is 0 Å². The zero-order valence-electron chi connectivity index (χ0n) is 11.9. The summed E-state index contributed by atoms with van der Waals surface area (Å²) in [7, 11) is 1.67. The average molecular weight is 332 g/mol. The number of nitrogens with one attached hydrogen (secondary N) is 1. The molecule has 1 aromatic heterocycles. The van der Waals surface area contributed by atoms with E-state index in [0.717, 1.165) is 6.42 Å². The number of rotatable bonds is 7. The molecule has 1 atom stereocenters. The van der Waals surface area contributed by atoms with Crippen LogP contribution in [0.15, 0.2) is 15.5 Å². The van der Waals surface area contributed by atoms with Crippen LogP contribution in [0, 0.1) is 5.92 Å². The summed E-state index contributed by atoms with van der Waals surface area (Å²) < 4.78 is 7.18. The van der Waals surface area contributed by atoms with Gasteiger partial charge in [-0.3, -0.25) is 4.79 Å². The Bertz CT molecular complexity index is 460. The maximum absolute atomic E-state index is 12.1. The summed E-state index contributed by atoms with van der Waals surface area (Å²) in [6.45, 7) is 7.44. The lowest BCUT2D eigenvalue weighted by molar-refractivity contribution is 0.171. The first kappa shape index (κ1) is 16.2. The van der Waals surface area contributed by atoms with Crippen molar-refractivity contribution in [3.05, 3.63) is 21.0 Å². The Labute approximate surface area is 122 Å². The molecule has 0 spiro atoms. The van der Waals surface area contributed by atoms with Crippen molar-refractivity contribution in [3.63, 3.8) is 0 Å². The molecule has 0 saturated carbocycles. The van der Waals surface area contributed by atoms with E-state index in [-0.39, 0.29) is 11.6 Å². The smallest absolute Gasteiger partial charge is 0.283 e. The highest BCUT2D eigenvalue weighted by molar-refractivity contribution is 9.10. The SMILES string of the molecule is CCCn1ncc(NC(COC)C(C)C)c(Br)c1=O. The van der Waals surface area contributed by atoms with Gasteiger partial charge < -0.3 is 10.1 Å². The third-order valence-electron chi connectivity index (χ3n) is 2.91. The molecule has 0 amide bonds. The summed E-state index contributed by atoms with van der Waals surface area (Å²) in [5.41, 5.74) is 0.611. The first-order chi connectivity index (χ1) is 9.01. The number of aryl methyl sites for hydroxylation is 1. The van der Waals surface area contributed by atoms with E-state index in [9.17, 15) is 4.79 Å². The monoisotopic (exact) mass is 331 g/mol. The van der Waals surface area contributed by atoms with Gasteiger partial charge in [0.1, 0.15) is 4.47 Å². The number of hydrogen-bond donors (Lipinski definition) is 1. The Morgan fingerprint density at radius 2 is 2.21 bits per heavy atom. The maximum atomic E-state index is 12.1. The molecule has 0 radical (unpaired) electrons. The van der Waals surface area contributed by atoms with Crippen LogP contribution in [-0.4, -0.2) is 29.5 Å². The fourth-order valence-electron chi connectivity index (χ4n) is 1.72. The van der Waals surface area contributed by atoms with Crippen LogP contribution < -0.4 is 10.9 Å². The molecule has 0 saturated heterocycles. The van der Waals surface area contributed by atoms with Crippen LogP contribution in [0.1, 0.15) is 27.2 Å². The summed E-state index contributed by atoms with van der Waals surface area (Å²) in [5.74, 6) is 0.393. The highest BCUT2D eigenvalue weighted by Crippen LogP contribution is 2.19. The molecule has 1 aromatic rings. The molecule has 19 heavy (non-hydrogen) atoms. The van der Waals surface area contributed by atoms with Gasteiger partial charge in [-0.1, -0.05) is 20.8 Å². The average Bonchev–Trinajstić information content (AvgIpc) is 2.37. The first-order valence-corrected chi connectivity index (χ1v) is 7.31. The van der Waals surface area contributed by atoms with Crippen molar-refractivity contribution in [2.24, 2.45) is 5.92 Å². The standard InChI is InChI=1S/C13H22BrN3O2/c1-5-6-17-13(18)12(14)10(7-15-17)16-11(8-19-4)9(2)3/h7,9,11,16H,5-6,8H2,1-4H3. The van der Waals surface area contributed by atoms with Crippen LogP contribution in [0.25, 0.3) is 0 Å². The Hall–Kier alpha value is -0.880. The number of halogens is 1. The van der Waals surface area contributed by atoms with E-state index in [1.54, 1.807) is 13.3 Å². The molecule has 6 heteroatoms. The topological polar surface area (TPSA) is 56.1 Å². The molecule has 0 aromatic carbocycles. The van der Waals surface area contributed by atoms with Crippen molar-refractivity contribution < 1.29 is 4.74 Å². The minimum absolute atomic E-state index is 0.105. The Kier molecular flexibility index (Phi) is 6.51.